The molecule has 0 heterocycles. The first-order chi connectivity index (χ1) is 7.54. The summed E-state index contributed by atoms with van der Waals surface area (Å²) in [4.78, 5) is 21.0. The van der Waals surface area contributed by atoms with E-state index in [1.165, 1.54) is 0 Å². The first kappa shape index (κ1) is 12.1. The minimum Gasteiger partial charge on any atom is -0.330 e. The molecule has 0 bridgehead atoms. The summed E-state index contributed by atoms with van der Waals surface area (Å²) >= 11 is 0. The van der Waals surface area contributed by atoms with E-state index in [2.05, 4.69) is 5.32 Å². The largest absolute Gasteiger partial charge is 0.330 e. The number of nitrogens with zero attached hydrogens (tertiary/aromatic N) is 1. The van der Waals surface area contributed by atoms with Crippen LogP contribution in [0.4, 0.5) is 15.8 Å². The summed E-state index contributed by atoms with van der Waals surface area (Å²) in [6.07, 6.45) is 0.0501. The minimum absolute atomic E-state index is 0.0372. The number of nitro groups is 1. The molecule has 1 aromatic carbocycles. The molecule has 0 unspecified atom stereocenters. The maximum Gasteiger partial charge on any atom is 0.295 e. The first-order valence-corrected chi connectivity index (χ1v) is 4.48. The van der Waals surface area contributed by atoms with Gasteiger partial charge in [0.25, 0.3) is 5.69 Å². The molecule has 0 saturated heterocycles. The second-order valence-corrected chi connectivity index (χ2v) is 3.01. The predicted octanol–water partition coefficient (Wildman–Crippen LogP) is 1.02. The molecule has 0 spiro atoms. The van der Waals surface area contributed by atoms with Crippen LogP contribution in [-0.4, -0.2) is 17.4 Å². The van der Waals surface area contributed by atoms with Crippen molar-refractivity contribution in [1.82, 2.24) is 0 Å². The zero-order valence-electron chi connectivity index (χ0n) is 8.27. The Balaban J connectivity index is 2.95. The summed E-state index contributed by atoms with van der Waals surface area (Å²) in [7, 11) is 0. The SMILES string of the molecule is NCCC(=O)Nc1ccc(F)cc1[N+](=O)[O-]. The Labute approximate surface area is 90.4 Å². The first-order valence-electron chi connectivity index (χ1n) is 4.48. The van der Waals surface area contributed by atoms with E-state index in [0.717, 1.165) is 18.2 Å². The molecule has 0 aliphatic heterocycles. The van der Waals surface area contributed by atoms with Gasteiger partial charge >= 0.3 is 0 Å². The van der Waals surface area contributed by atoms with Gasteiger partial charge in [-0.05, 0) is 12.1 Å². The molecule has 0 radical (unpaired) electrons. The lowest BCUT2D eigenvalue weighted by Crippen LogP contribution is -2.16. The molecule has 86 valence electrons. The van der Waals surface area contributed by atoms with Gasteiger partial charge in [-0.2, -0.15) is 0 Å². The Morgan fingerprint density at radius 1 is 1.56 bits per heavy atom. The minimum atomic E-state index is -0.763. The summed E-state index contributed by atoms with van der Waals surface area (Å²) < 4.78 is 12.8. The quantitative estimate of drug-likeness (QED) is 0.592. The van der Waals surface area contributed by atoms with Crippen LogP contribution in [0.3, 0.4) is 0 Å². The molecule has 3 N–H and O–H groups in total. The van der Waals surface area contributed by atoms with Gasteiger partial charge in [-0.1, -0.05) is 0 Å². The van der Waals surface area contributed by atoms with Gasteiger partial charge in [0, 0.05) is 13.0 Å². The van der Waals surface area contributed by atoms with Crippen molar-refractivity contribution in [2.24, 2.45) is 5.73 Å². The number of hydrogen-bond acceptors (Lipinski definition) is 4. The number of nitro benzene ring substituents is 1. The third-order valence-electron chi connectivity index (χ3n) is 1.80. The van der Waals surface area contributed by atoms with Crippen LogP contribution in [0.2, 0.25) is 0 Å². The standard InChI is InChI=1S/C9H10FN3O3/c10-6-1-2-7(8(5-6)13(15)16)12-9(14)3-4-11/h1-2,5H,3-4,11H2,(H,12,14). The fourth-order valence-corrected chi connectivity index (χ4v) is 1.11. The molecular weight excluding hydrogens is 217 g/mol. The highest BCUT2D eigenvalue weighted by Gasteiger charge is 2.16. The van der Waals surface area contributed by atoms with Crippen LogP contribution in [0.1, 0.15) is 6.42 Å². The number of anilines is 1. The van der Waals surface area contributed by atoms with Gasteiger partial charge in [0.15, 0.2) is 0 Å². The lowest BCUT2D eigenvalue weighted by molar-refractivity contribution is -0.384. The highest BCUT2D eigenvalue weighted by atomic mass is 19.1. The van der Waals surface area contributed by atoms with Crippen LogP contribution in [0.5, 0.6) is 0 Å². The van der Waals surface area contributed by atoms with Crippen molar-refractivity contribution in [1.29, 1.82) is 0 Å². The molecule has 0 fully saturated rings. The molecule has 7 heteroatoms. The Morgan fingerprint density at radius 3 is 2.81 bits per heavy atom. The average Bonchev–Trinajstić information content (AvgIpc) is 2.20. The summed E-state index contributed by atoms with van der Waals surface area (Å²) in [6.45, 7) is 0.140. The van der Waals surface area contributed by atoms with Gasteiger partial charge < -0.3 is 11.1 Å². The van der Waals surface area contributed by atoms with Crippen molar-refractivity contribution < 1.29 is 14.1 Å². The van der Waals surface area contributed by atoms with E-state index < -0.39 is 22.3 Å². The van der Waals surface area contributed by atoms with Gasteiger partial charge in [-0.25, -0.2) is 4.39 Å². The monoisotopic (exact) mass is 227 g/mol. The molecular formula is C9H10FN3O3. The third kappa shape index (κ3) is 2.99. The Morgan fingerprint density at radius 2 is 2.25 bits per heavy atom. The summed E-state index contributed by atoms with van der Waals surface area (Å²) in [5.41, 5.74) is 4.63. The molecule has 1 amide bonds. The van der Waals surface area contributed by atoms with Crippen molar-refractivity contribution in [2.45, 2.75) is 6.42 Å². The number of carbonyl (C=O) groups excluding carboxylic acids is 1. The topological polar surface area (TPSA) is 98.3 Å². The zero-order valence-corrected chi connectivity index (χ0v) is 8.27. The van der Waals surface area contributed by atoms with Gasteiger partial charge in [-0.15, -0.1) is 0 Å². The maximum atomic E-state index is 12.8. The van der Waals surface area contributed by atoms with Crippen LogP contribution in [0.25, 0.3) is 0 Å². The van der Waals surface area contributed by atoms with Gasteiger partial charge in [0.05, 0.1) is 11.0 Å². The average molecular weight is 227 g/mol. The van der Waals surface area contributed by atoms with E-state index in [-0.39, 0.29) is 18.7 Å². The molecule has 6 nitrogen and oxygen atoms in total. The Kier molecular flexibility index (Phi) is 3.90. The van der Waals surface area contributed by atoms with Crippen molar-refractivity contribution >= 4 is 17.3 Å². The summed E-state index contributed by atoms with van der Waals surface area (Å²) in [6, 6.07) is 2.92. The zero-order chi connectivity index (χ0) is 12.1. The van der Waals surface area contributed by atoms with E-state index in [1.54, 1.807) is 0 Å². The lowest BCUT2D eigenvalue weighted by Gasteiger charge is -2.04. The van der Waals surface area contributed by atoms with Crippen LogP contribution >= 0.6 is 0 Å². The van der Waals surface area contributed by atoms with E-state index in [9.17, 15) is 19.3 Å². The molecule has 0 atom stereocenters. The van der Waals surface area contributed by atoms with E-state index in [1.807, 2.05) is 0 Å². The highest BCUT2D eigenvalue weighted by Crippen LogP contribution is 2.24. The van der Waals surface area contributed by atoms with Crippen molar-refractivity contribution in [3.63, 3.8) is 0 Å². The Hall–Kier alpha value is -2.02. The number of amides is 1. The predicted molar refractivity (Wildman–Crippen MR) is 55.4 cm³/mol. The van der Waals surface area contributed by atoms with Gasteiger partial charge in [0.2, 0.25) is 5.91 Å². The van der Waals surface area contributed by atoms with Crippen LogP contribution in [0, 0.1) is 15.9 Å². The van der Waals surface area contributed by atoms with E-state index >= 15 is 0 Å². The molecule has 0 aliphatic carbocycles. The number of carbonyl (C=O) groups is 1. The molecule has 1 aromatic rings. The molecule has 0 saturated carbocycles. The lowest BCUT2D eigenvalue weighted by atomic mass is 10.2. The molecule has 0 aliphatic rings. The highest BCUT2D eigenvalue weighted by molar-refractivity contribution is 5.93. The van der Waals surface area contributed by atoms with E-state index in [0.29, 0.717) is 0 Å². The van der Waals surface area contributed by atoms with Crippen molar-refractivity contribution in [3.05, 3.63) is 34.1 Å². The Bertz CT molecular complexity index is 422. The smallest absolute Gasteiger partial charge is 0.295 e. The molecule has 0 aromatic heterocycles. The normalized spacial score (nSPS) is 9.88. The number of rotatable bonds is 4. The van der Waals surface area contributed by atoms with Crippen LogP contribution in [0.15, 0.2) is 18.2 Å². The fraction of sp³-hybridized carbons (Fsp3) is 0.222. The molecule has 1 rings (SSSR count). The number of hydrogen-bond donors (Lipinski definition) is 2. The van der Waals surface area contributed by atoms with Gasteiger partial charge in [0.1, 0.15) is 11.5 Å². The fourth-order valence-electron chi connectivity index (χ4n) is 1.11. The van der Waals surface area contributed by atoms with E-state index in [4.69, 9.17) is 5.73 Å². The number of nitrogens with two attached hydrogens (primary N) is 1. The number of nitrogens with one attached hydrogen (secondary N) is 1. The molecule has 16 heavy (non-hydrogen) atoms. The number of benzene rings is 1. The van der Waals surface area contributed by atoms with Crippen molar-refractivity contribution in [3.8, 4) is 0 Å². The van der Waals surface area contributed by atoms with Crippen molar-refractivity contribution in [2.75, 3.05) is 11.9 Å². The van der Waals surface area contributed by atoms with Crippen LogP contribution < -0.4 is 11.1 Å². The second kappa shape index (κ2) is 5.17. The summed E-state index contributed by atoms with van der Waals surface area (Å²) in [5, 5.41) is 12.9. The maximum absolute atomic E-state index is 12.8. The second-order valence-electron chi connectivity index (χ2n) is 3.01. The number of halogens is 1. The summed E-state index contributed by atoms with van der Waals surface area (Å²) in [5.74, 6) is -1.18. The van der Waals surface area contributed by atoms with Crippen LogP contribution in [-0.2, 0) is 4.79 Å². The third-order valence-corrected chi connectivity index (χ3v) is 1.80. The van der Waals surface area contributed by atoms with Gasteiger partial charge in [-0.3, -0.25) is 14.9 Å².